The molecule has 0 amide bonds. The van der Waals surface area contributed by atoms with E-state index in [1.165, 1.54) is 0 Å². The third kappa shape index (κ3) is 1.62. The van der Waals surface area contributed by atoms with Gasteiger partial charge in [0, 0.05) is 18.9 Å². The molecule has 1 aliphatic heterocycles. The lowest BCUT2D eigenvalue weighted by molar-refractivity contribution is 0.193. The summed E-state index contributed by atoms with van der Waals surface area (Å²) in [6, 6.07) is 0. The summed E-state index contributed by atoms with van der Waals surface area (Å²) >= 11 is 1.64. The molecule has 0 aliphatic carbocycles. The molecule has 2 aromatic heterocycles. The Morgan fingerprint density at radius 2 is 2.44 bits per heavy atom. The number of nitrogens with zero attached hydrogens (tertiary/aromatic N) is 4. The van der Waals surface area contributed by atoms with Crippen molar-refractivity contribution in [2.24, 2.45) is 0 Å². The number of hydrogen-bond acceptors (Lipinski definition) is 5. The van der Waals surface area contributed by atoms with Crippen molar-refractivity contribution >= 4 is 16.3 Å². The van der Waals surface area contributed by atoms with Crippen molar-refractivity contribution in [3.8, 4) is 0 Å². The molecule has 5 nitrogen and oxygen atoms in total. The van der Waals surface area contributed by atoms with Gasteiger partial charge in [-0.05, 0) is 12.8 Å². The minimum atomic E-state index is 0.459. The van der Waals surface area contributed by atoms with E-state index in [1.54, 1.807) is 11.3 Å². The van der Waals surface area contributed by atoms with Gasteiger partial charge in [-0.3, -0.25) is 0 Å². The van der Waals surface area contributed by atoms with Crippen molar-refractivity contribution in [3.05, 3.63) is 10.8 Å². The smallest absolute Gasteiger partial charge is 0.234 e. The van der Waals surface area contributed by atoms with Gasteiger partial charge in [0.05, 0.1) is 6.61 Å². The summed E-state index contributed by atoms with van der Waals surface area (Å²) in [7, 11) is 0. The molecular formula is C10H14N4OS. The minimum Gasteiger partial charge on any atom is -0.381 e. The second-order valence-corrected chi connectivity index (χ2v) is 5.05. The highest BCUT2D eigenvalue weighted by atomic mass is 32.1. The van der Waals surface area contributed by atoms with Crippen LogP contribution in [0.4, 0.5) is 0 Å². The number of hydrogen-bond donors (Lipinski definition) is 0. The van der Waals surface area contributed by atoms with Crippen molar-refractivity contribution in [3.63, 3.8) is 0 Å². The van der Waals surface area contributed by atoms with Crippen LogP contribution in [0.25, 0.3) is 4.96 Å². The van der Waals surface area contributed by atoms with E-state index in [0.29, 0.717) is 5.92 Å². The summed E-state index contributed by atoms with van der Waals surface area (Å²) in [6.45, 7) is 3.79. The van der Waals surface area contributed by atoms with E-state index in [4.69, 9.17) is 4.74 Å². The van der Waals surface area contributed by atoms with Gasteiger partial charge in [-0.15, -0.1) is 10.2 Å². The third-order valence-electron chi connectivity index (χ3n) is 2.82. The Hall–Kier alpha value is -1.01. The fraction of sp³-hybridized carbons (Fsp3) is 0.700. The van der Waals surface area contributed by atoms with Crippen LogP contribution < -0.4 is 0 Å². The van der Waals surface area contributed by atoms with Gasteiger partial charge in [-0.1, -0.05) is 18.3 Å². The maximum Gasteiger partial charge on any atom is 0.234 e. The van der Waals surface area contributed by atoms with E-state index in [1.807, 2.05) is 4.52 Å². The average molecular weight is 238 g/mol. The van der Waals surface area contributed by atoms with Crippen LogP contribution in [-0.2, 0) is 11.2 Å². The molecule has 0 bridgehead atoms. The molecule has 1 fully saturated rings. The van der Waals surface area contributed by atoms with Gasteiger partial charge >= 0.3 is 0 Å². The molecular weight excluding hydrogens is 224 g/mol. The zero-order valence-corrected chi connectivity index (χ0v) is 10.0. The molecule has 2 aromatic rings. The SMILES string of the molecule is CCCc1nnc2sc(C3CCOC3)nn12. The van der Waals surface area contributed by atoms with Crippen molar-refractivity contribution < 1.29 is 4.74 Å². The van der Waals surface area contributed by atoms with Gasteiger partial charge in [0.2, 0.25) is 4.96 Å². The minimum absolute atomic E-state index is 0.459. The number of aromatic nitrogens is 4. The normalized spacial score (nSPS) is 20.9. The molecule has 1 unspecified atom stereocenters. The first-order valence-corrected chi connectivity index (χ1v) is 6.49. The Bertz CT molecular complexity index is 486. The van der Waals surface area contributed by atoms with Crippen molar-refractivity contribution in [2.45, 2.75) is 32.1 Å². The van der Waals surface area contributed by atoms with Crippen LogP contribution in [0, 0.1) is 0 Å². The van der Waals surface area contributed by atoms with Gasteiger partial charge in [0.1, 0.15) is 5.01 Å². The summed E-state index contributed by atoms with van der Waals surface area (Å²) < 4.78 is 7.27. The highest BCUT2D eigenvalue weighted by molar-refractivity contribution is 7.16. The maximum atomic E-state index is 5.38. The summed E-state index contributed by atoms with van der Waals surface area (Å²) in [5, 5.41) is 14.0. The Morgan fingerprint density at radius 3 is 3.19 bits per heavy atom. The lowest BCUT2D eigenvalue weighted by Gasteiger charge is -1.99. The van der Waals surface area contributed by atoms with Gasteiger partial charge in [-0.2, -0.15) is 9.61 Å². The monoisotopic (exact) mass is 238 g/mol. The van der Waals surface area contributed by atoms with E-state index in [-0.39, 0.29) is 0 Å². The fourth-order valence-electron chi connectivity index (χ4n) is 1.95. The van der Waals surface area contributed by atoms with Gasteiger partial charge in [0.25, 0.3) is 0 Å². The second kappa shape index (κ2) is 4.10. The highest BCUT2D eigenvalue weighted by Crippen LogP contribution is 2.28. The van der Waals surface area contributed by atoms with Crippen molar-refractivity contribution in [1.82, 2.24) is 19.8 Å². The predicted octanol–water partition coefficient (Wildman–Crippen LogP) is 1.64. The van der Waals surface area contributed by atoms with Crippen LogP contribution in [-0.4, -0.2) is 33.0 Å². The Morgan fingerprint density at radius 1 is 1.50 bits per heavy atom. The first kappa shape index (κ1) is 10.2. The van der Waals surface area contributed by atoms with Crippen LogP contribution in [0.15, 0.2) is 0 Å². The average Bonchev–Trinajstić information content (AvgIpc) is 2.93. The molecule has 1 saturated heterocycles. The first-order chi connectivity index (χ1) is 7.88. The topological polar surface area (TPSA) is 52.3 Å². The van der Waals surface area contributed by atoms with Crippen LogP contribution in [0.2, 0.25) is 0 Å². The molecule has 3 heterocycles. The Labute approximate surface area is 97.4 Å². The molecule has 1 aliphatic rings. The summed E-state index contributed by atoms with van der Waals surface area (Å²) in [4.78, 5) is 0.908. The predicted molar refractivity (Wildman–Crippen MR) is 60.8 cm³/mol. The zero-order chi connectivity index (χ0) is 11.0. The molecule has 0 spiro atoms. The number of ether oxygens (including phenoxy) is 1. The van der Waals surface area contributed by atoms with Crippen LogP contribution in [0.1, 0.15) is 36.5 Å². The molecule has 6 heteroatoms. The molecule has 0 radical (unpaired) electrons. The Balaban J connectivity index is 1.95. The van der Waals surface area contributed by atoms with Gasteiger partial charge in [-0.25, -0.2) is 0 Å². The van der Waals surface area contributed by atoms with Crippen molar-refractivity contribution in [1.29, 1.82) is 0 Å². The fourth-order valence-corrected chi connectivity index (χ4v) is 2.92. The maximum absolute atomic E-state index is 5.38. The van der Waals surface area contributed by atoms with E-state index < -0.39 is 0 Å². The number of aryl methyl sites for hydroxylation is 1. The lowest BCUT2D eigenvalue weighted by Crippen LogP contribution is -2.00. The molecule has 86 valence electrons. The van der Waals surface area contributed by atoms with Crippen LogP contribution >= 0.6 is 11.3 Å². The van der Waals surface area contributed by atoms with E-state index in [9.17, 15) is 0 Å². The number of fused-ring (bicyclic) bond motifs is 1. The number of rotatable bonds is 3. The molecule has 0 saturated carbocycles. The van der Waals surface area contributed by atoms with Crippen LogP contribution in [0.3, 0.4) is 0 Å². The van der Waals surface area contributed by atoms with Crippen LogP contribution in [0.5, 0.6) is 0 Å². The quantitative estimate of drug-likeness (QED) is 0.815. The van der Waals surface area contributed by atoms with E-state index in [2.05, 4.69) is 22.2 Å². The standard InChI is InChI=1S/C10H14N4OS/c1-2-3-8-11-12-10-14(8)13-9(16-10)7-4-5-15-6-7/h7H,2-6H2,1H3. The third-order valence-corrected chi connectivity index (χ3v) is 3.88. The van der Waals surface area contributed by atoms with Gasteiger partial charge in [0.15, 0.2) is 5.82 Å². The molecule has 0 aromatic carbocycles. The molecule has 0 N–H and O–H groups in total. The zero-order valence-electron chi connectivity index (χ0n) is 9.22. The van der Waals surface area contributed by atoms with E-state index in [0.717, 1.165) is 48.3 Å². The Kier molecular flexibility index (Phi) is 2.61. The largest absolute Gasteiger partial charge is 0.381 e. The molecule has 1 atom stereocenters. The van der Waals surface area contributed by atoms with Gasteiger partial charge < -0.3 is 4.74 Å². The first-order valence-electron chi connectivity index (χ1n) is 5.67. The molecule has 3 rings (SSSR count). The highest BCUT2D eigenvalue weighted by Gasteiger charge is 2.23. The summed E-state index contributed by atoms with van der Waals surface area (Å²) in [5.74, 6) is 1.43. The van der Waals surface area contributed by atoms with Crippen molar-refractivity contribution in [2.75, 3.05) is 13.2 Å². The molecule has 16 heavy (non-hydrogen) atoms. The second-order valence-electron chi connectivity index (χ2n) is 4.06. The summed E-state index contributed by atoms with van der Waals surface area (Å²) in [5.41, 5.74) is 0. The summed E-state index contributed by atoms with van der Waals surface area (Å²) in [6.07, 6.45) is 3.08. The van der Waals surface area contributed by atoms with E-state index >= 15 is 0 Å². The lowest BCUT2D eigenvalue weighted by atomic mass is 10.1.